The van der Waals surface area contributed by atoms with Crippen LogP contribution in [0.15, 0.2) is 47.8 Å². The fraction of sp³-hybridized carbons (Fsp3) is 0.136. The van der Waals surface area contributed by atoms with Crippen molar-refractivity contribution in [2.45, 2.75) is 13.8 Å². The fourth-order valence-corrected chi connectivity index (χ4v) is 3.37. The van der Waals surface area contributed by atoms with Crippen molar-refractivity contribution in [3.63, 3.8) is 0 Å². The molecule has 0 saturated heterocycles. The number of esters is 1. The number of nitriles is 1. The molecule has 0 N–H and O–H groups in total. The van der Waals surface area contributed by atoms with E-state index < -0.39 is 0 Å². The van der Waals surface area contributed by atoms with E-state index in [4.69, 9.17) is 4.74 Å². The summed E-state index contributed by atoms with van der Waals surface area (Å²) in [4.78, 5) is 16.1. The number of ether oxygens (including phenoxy) is 1. The predicted octanol–water partition coefficient (Wildman–Crippen LogP) is 5.28. The van der Waals surface area contributed by atoms with Gasteiger partial charge in [0.15, 0.2) is 0 Å². The molecule has 0 aliphatic heterocycles. The first-order valence-corrected chi connectivity index (χ1v) is 9.23. The number of hydrogen-bond acceptors (Lipinski definition) is 5. The number of thiazole rings is 1. The van der Waals surface area contributed by atoms with E-state index in [2.05, 4.69) is 37.0 Å². The largest absolute Gasteiger partial charge is 0.465 e. The monoisotopic (exact) mass is 374 g/mol. The quantitative estimate of drug-likeness (QED) is 0.460. The van der Waals surface area contributed by atoms with Gasteiger partial charge in [-0.25, -0.2) is 9.78 Å². The average molecular weight is 374 g/mol. The topological polar surface area (TPSA) is 63.0 Å². The molecule has 0 atom stereocenters. The van der Waals surface area contributed by atoms with Gasteiger partial charge in [-0.05, 0) is 54.8 Å². The predicted molar refractivity (Wildman–Crippen MR) is 108 cm³/mol. The summed E-state index contributed by atoms with van der Waals surface area (Å²) in [6.07, 6.45) is 1.77. The standard InChI is InChI=1S/C22H18N2O2S/c1-14-4-7-18(10-15(14)2)20-13-27-21(24-20)19(12-23)11-16-5-8-17(9-6-16)22(25)26-3/h4-11,13H,1-3H3. The van der Waals surface area contributed by atoms with Gasteiger partial charge in [0.2, 0.25) is 0 Å². The minimum atomic E-state index is -0.385. The Hall–Kier alpha value is -3.23. The highest BCUT2D eigenvalue weighted by atomic mass is 32.1. The molecule has 4 nitrogen and oxygen atoms in total. The number of benzene rings is 2. The summed E-state index contributed by atoms with van der Waals surface area (Å²) in [6.45, 7) is 4.15. The molecule has 0 radical (unpaired) electrons. The molecule has 0 bridgehead atoms. The van der Waals surface area contributed by atoms with Gasteiger partial charge < -0.3 is 4.74 Å². The lowest BCUT2D eigenvalue weighted by molar-refractivity contribution is 0.0600. The first-order chi connectivity index (χ1) is 13.0. The van der Waals surface area contributed by atoms with E-state index in [0.717, 1.165) is 16.8 Å². The summed E-state index contributed by atoms with van der Waals surface area (Å²) in [6, 6.07) is 15.4. The van der Waals surface area contributed by atoms with Crippen LogP contribution in [0.2, 0.25) is 0 Å². The van der Waals surface area contributed by atoms with Crippen LogP contribution in [0, 0.1) is 25.2 Å². The Morgan fingerprint density at radius 1 is 1.15 bits per heavy atom. The van der Waals surface area contributed by atoms with Gasteiger partial charge in [-0.2, -0.15) is 5.26 Å². The fourth-order valence-electron chi connectivity index (χ4n) is 2.57. The van der Waals surface area contributed by atoms with E-state index in [0.29, 0.717) is 16.1 Å². The van der Waals surface area contributed by atoms with Crippen molar-refractivity contribution in [1.82, 2.24) is 4.98 Å². The first-order valence-electron chi connectivity index (χ1n) is 8.35. The summed E-state index contributed by atoms with van der Waals surface area (Å²) in [5.41, 5.74) is 6.13. The van der Waals surface area contributed by atoms with Gasteiger partial charge in [0, 0.05) is 10.9 Å². The van der Waals surface area contributed by atoms with E-state index in [1.165, 1.54) is 29.6 Å². The summed E-state index contributed by atoms with van der Waals surface area (Å²) < 4.78 is 4.69. The van der Waals surface area contributed by atoms with Crippen LogP contribution in [0.25, 0.3) is 22.9 Å². The minimum absolute atomic E-state index is 0.385. The number of aromatic nitrogens is 1. The Morgan fingerprint density at radius 2 is 1.89 bits per heavy atom. The van der Waals surface area contributed by atoms with Crippen molar-refractivity contribution >= 4 is 29.0 Å². The molecule has 0 saturated carbocycles. The molecule has 0 unspecified atom stereocenters. The highest BCUT2D eigenvalue weighted by Gasteiger charge is 2.10. The average Bonchev–Trinajstić information content (AvgIpc) is 3.18. The van der Waals surface area contributed by atoms with Crippen LogP contribution < -0.4 is 0 Å². The molecule has 1 aromatic heterocycles. The second kappa shape index (κ2) is 7.98. The molecule has 0 spiro atoms. The lowest BCUT2D eigenvalue weighted by Gasteiger charge is -2.02. The number of allylic oxidation sites excluding steroid dienone is 1. The van der Waals surface area contributed by atoms with Crippen molar-refractivity contribution in [1.29, 1.82) is 5.26 Å². The van der Waals surface area contributed by atoms with Gasteiger partial charge in [0.1, 0.15) is 11.1 Å². The van der Waals surface area contributed by atoms with Gasteiger partial charge in [-0.1, -0.05) is 24.3 Å². The first kappa shape index (κ1) is 18.6. The third-order valence-corrected chi connectivity index (χ3v) is 5.18. The van der Waals surface area contributed by atoms with Crippen molar-refractivity contribution < 1.29 is 9.53 Å². The zero-order valence-corrected chi connectivity index (χ0v) is 16.1. The van der Waals surface area contributed by atoms with E-state index >= 15 is 0 Å². The maximum atomic E-state index is 11.5. The lowest BCUT2D eigenvalue weighted by atomic mass is 10.0. The second-order valence-corrected chi connectivity index (χ2v) is 6.98. The summed E-state index contributed by atoms with van der Waals surface area (Å²) in [5, 5.41) is 12.2. The maximum Gasteiger partial charge on any atom is 0.337 e. The van der Waals surface area contributed by atoms with Crippen LogP contribution in [0.1, 0.15) is 32.1 Å². The van der Waals surface area contributed by atoms with Crippen LogP contribution in [0.5, 0.6) is 0 Å². The zero-order valence-electron chi connectivity index (χ0n) is 15.3. The summed E-state index contributed by atoms with van der Waals surface area (Å²) >= 11 is 1.44. The Bertz CT molecular complexity index is 1060. The molecule has 1 heterocycles. The summed E-state index contributed by atoms with van der Waals surface area (Å²) in [5.74, 6) is -0.385. The van der Waals surface area contributed by atoms with Crippen LogP contribution in [-0.2, 0) is 4.74 Å². The number of aryl methyl sites for hydroxylation is 2. The highest BCUT2D eigenvalue weighted by Crippen LogP contribution is 2.28. The normalized spacial score (nSPS) is 11.1. The van der Waals surface area contributed by atoms with Crippen LogP contribution in [0.3, 0.4) is 0 Å². The van der Waals surface area contributed by atoms with Crippen molar-refractivity contribution in [3.05, 3.63) is 75.1 Å². The minimum Gasteiger partial charge on any atom is -0.465 e. The van der Waals surface area contributed by atoms with E-state index in [-0.39, 0.29) is 5.97 Å². The number of methoxy groups -OCH3 is 1. The molecule has 2 aromatic carbocycles. The lowest BCUT2D eigenvalue weighted by Crippen LogP contribution is -2.00. The third-order valence-electron chi connectivity index (χ3n) is 4.30. The van der Waals surface area contributed by atoms with Gasteiger partial charge in [-0.3, -0.25) is 0 Å². The highest BCUT2D eigenvalue weighted by molar-refractivity contribution is 7.11. The SMILES string of the molecule is COC(=O)c1ccc(C=C(C#N)c2nc(-c3ccc(C)c(C)c3)cs2)cc1. The Morgan fingerprint density at radius 3 is 2.52 bits per heavy atom. The zero-order chi connectivity index (χ0) is 19.4. The number of carbonyl (C=O) groups excluding carboxylic acids is 1. The molecule has 5 heteroatoms. The Kier molecular flexibility index (Phi) is 5.49. The molecule has 3 aromatic rings. The van der Waals surface area contributed by atoms with E-state index in [9.17, 15) is 10.1 Å². The molecular weight excluding hydrogens is 356 g/mol. The Balaban J connectivity index is 1.89. The molecule has 3 rings (SSSR count). The number of carbonyl (C=O) groups is 1. The van der Waals surface area contributed by atoms with Crippen molar-refractivity contribution in [2.75, 3.05) is 7.11 Å². The number of hydrogen-bond donors (Lipinski definition) is 0. The number of nitrogens with zero attached hydrogens (tertiary/aromatic N) is 2. The molecule has 134 valence electrons. The summed E-state index contributed by atoms with van der Waals surface area (Å²) in [7, 11) is 1.35. The van der Waals surface area contributed by atoms with Gasteiger partial charge in [0.05, 0.1) is 23.9 Å². The third kappa shape index (κ3) is 4.13. The van der Waals surface area contributed by atoms with Crippen LogP contribution in [0.4, 0.5) is 0 Å². The second-order valence-electron chi connectivity index (χ2n) is 6.12. The van der Waals surface area contributed by atoms with Crippen LogP contribution in [-0.4, -0.2) is 18.1 Å². The van der Waals surface area contributed by atoms with E-state index in [1.54, 1.807) is 30.3 Å². The maximum absolute atomic E-state index is 11.5. The van der Waals surface area contributed by atoms with Gasteiger partial charge in [0.25, 0.3) is 0 Å². The van der Waals surface area contributed by atoms with Gasteiger partial charge in [-0.15, -0.1) is 11.3 Å². The van der Waals surface area contributed by atoms with Crippen LogP contribution >= 0.6 is 11.3 Å². The smallest absolute Gasteiger partial charge is 0.337 e. The van der Waals surface area contributed by atoms with Crippen molar-refractivity contribution in [3.8, 4) is 17.3 Å². The van der Waals surface area contributed by atoms with E-state index in [1.807, 2.05) is 11.4 Å². The molecule has 27 heavy (non-hydrogen) atoms. The van der Waals surface area contributed by atoms with Gasteiger partial charge >= 0.3 is 5.97 Å². The molecule has 0 aliphatic carbocycles. The molecule has 0 amide bonds. The molecular formula is C22H18N2O2S. The molecule has 0 aliphatic rings. The number of rotatable bonds is 4. The Labute approximate surface area is 162 Å². The van der Waals surface area contributed by atoms with Crippen molar-refractivity contribution in [2.24, 2.45) is 0 Å². The molecule has 0 fully saturated rings.